The van der Waals surface area contributed by atoms with Crippen molar-refractivity contribution in [2.75, 3.05) is 26.6 Å². The highest BCUT2D eigenvalue weighted by atomic mass is 127. The van der Waals surface area contributed by atoms with Gasteiger partial charge in [-0.05, 0) is 37.1 Å². The Balaban J connectivity index is 1.56. The van der Waals surface area contributed by atoms with Crippen molar-refractivity contribution in [3.8, 4) is 17.2 Å². The van der Waals surface area contributed by atoms with Crippen LogP contribution >= 0.6 is 22.6 Å². The second-order valence-corrected chi connectivity index (χ2v) is 9.58. The number of alkyl halides is 1. The van der Waals surface area contributed by atoms with E-state index in [2.05, 4.69) is 27.9 Å². The predicted octanol–water partition coefficient (Wildman–Crippen LogP) is 4.60. The van der Waals surface area contributed by atoms with Crippen LogP contribution in [-0.2, 0) is 6.54 Å². The zero-order valence-electron chi connectivity index (χ0n) is 18.1. The molecule has 1 N–H and O–H groups in total. The first-order chi connectivity index (χ1) is 15.6. The first-order valence-electron chi connectivity index (χ1n) is 10.4. The molecular weight excluding hydrogens is 521 g/mol. The van der Waals surface area contributed by atoms with Crippen LogP contribution in [0, 0.1) is 0 Å². The Labute approximate surface area is 199 Å². The van der Waals surface area contributed by atoms with Crippen LogP contribution in [0.25, 0.3) is 16.6 Å². The van der Waals surface area contributed by atoms with E-state index in [9.17, 15) is 0 Å². The van der Waals surface area contributed by atoms with E-state index < -0.39 is 0 Å². The molecule has 0 atom stereocenters. The van der Waals surface area contributed by atoms with Crippen LogP contribution in [0.4, 0.5) is 5.95 Å². The quantitative estimate of drug-likeness (QED) is 0.269. The third kappa shape index (κ3) is 3.78. The number of halogens is 1. The summed E-state index contributed by atoms with van der Waals surface area (Å²) in [6, 6.07) is 11.6. The Bertz CT molecular complexity index is 1290. The van der Waals surface area contributed by atoms with Gasteiger partial charge in [0.2, 0.25) is 5.95 Å². The van der Waals surface area contributed by atoms with Gasteiger partial charge in [0.25, 0.3) is 0 Å². The number of ether oxygens (including phenoxy) is 3. The third-order valence-corrected chi connectivity index (χ3v) is 6.89. The molecular formula is C23H24IN5O3. The van der Waals surface area contributed by atoms with Gasteiger partial charge in [-0.3, -0.25) is 0 Å². The van der Waals surface area contributed by atoms with Gasteiger partial charge in [0, 0.05) is 39.5 Å². The van der Waals surface area contributed by atoms with Gasteiger partial charge in [0.15, 0.2) is 11.5 Å². The molecule has 2 aromatic heterocycles. The van der Waals surface area contributed by atoms with Gasteiger partial charge < -0.3 is 19.5 Å². The zero-order valence-corrected chi connectivity index (χ0v) is 20.3. The molecule has 8 nitrogen and oxygen atoms in total. The van der Waals surface area contributed by atoms with Crippen molar-refractivity contribution in [1.82, 2.24) is 19.6 Å². The monoisotopic (exact) mass is 545 g/mol. The topological polar surface area (TPSA) is 82.8 Å². The Hall–Kier alpha value is -2.82. The highest BCUT2D eigenvalue weighted by Gasteiger charge is 2.32. The lowest BCUT2D eigenvalue weighted by Crippen LogP contribution is -2.22. The second-order valence-electron chi connectivity index (χ2n) is 7.82. The lowest BCUT2D eigenvalue weighted by Gasteiger charge is -2.28. The van der Waals surface area contributed by atoms with Gasteiger partial charge in [-0.2, -0.15) is 4.52 Å². The van der Waals surface area contributed by atoms with Crippen LogP contribution in [0.2, 0.25) is 0 Å². The highest BCUT2D eigenvalue weighted by molar-refractivity contribution is 14.1. The predicted molar refractivity (Wildman–Crippen MR) is 131 cm³/mol. The van der Waals surface area contributed by atoms with E-state index >= 15 is 0 Å². The number of hydrogen-bond donors (Lipinski definition) is 1. The zero-order chi connectivity index (χ0) is 22.2. The minimum Gasteiger partial charge on any atom is -0.497 e. The fraction of sp³-hybridized carbons (Fsp3) is 0.348. The van der Waals surface area contributed by atoms with Crippen LogP contribution in [0.15, 0.2) is 36.4 Å². The minimum atomic E-state index is 0.402. The fourth-order valence-electron chi connectivity index (χ4n) is 3.95. The summed E-state index contributed by atoms with van der Waals surface area (Å²) < 4.78 is 18.8. The molecule has 32 heavy (non-hydrogen) atoms. The third-order valence-electron chi connectivity index (χ3n) is 5.87. The number of nitrogens with zero attached hydrogens (tertiary/aromatic N) is 4. The number of nitrogens with one attached hydrogen (secondary N) is 1. The molecule has 1 saturated carbocycles. The summed E-state index contributed by atoms with van der Waals surface area (Å²) in [7, 11) is 4.95. The molecule has 2 aromatic carbocycles. The van der Waals surface area contributed by atoms with Gasteiger partial charge in [0.05, 0.1) is 26.8 Å². The standard InChI is InChI=1S/C23H24IN5O3/c1-30-16-6-7-18-19(10-16)26-23(25-12-13-4-5-17(31-2)11-20(13)32-3)29-22(18)27-21(28-29)14-8-15(24)9-14/h4-7,10-11,14-15H,8-9,12H2,1-3H3,(H,25,26). The highest BCUT2D eigenvalue weighted by Crippen LogP contribution is 2.40. The maximum atomic E-state index is 5.54. The summed E-state index contributed by atoms with van der Waals surface area (Å²) in [6.07, 6.45) is 2.23. The molecule has 4 aromatic rings. The van der Waals surface area contributed by atoms with Crippen molar-refractivity contribution in [1.29, 1.82) is 0 Å². The van der Waals surface area contributed by atoms with Gasteiger partial charge in [-0.15, -0.1) is 5.10 Å². The van der Waals surface area contributed by atoms with Gasteiger partial charge in [-0.1, -0.05) is 22.6 Å². The average Bonchev–Trinajstić information content (AvgIpc) is 3.25. The Morgan fingerprint density at radius 3 is 2.47 bits per heavy atom. The SMILES string of the molecule is COc1ccc(CNc2nc3cc(OC)ccc3c3nc(C4CC(I)C4)nn23)c(OC)c1. The molecule has 9 heteroatoms. The molecule has 0 radical (unpaired) electrons. The van der Waals surface area contributed by atoms with Gasteiger partial charge in [0.1, 0.15) is 17.2 Å². The molecule has 0 aliphatic heterocycles. The molecule has 2 heterocycles. The Morgan fingerprint density at radius 1 is 1.00 bits per heavy atom. The molecule has 1 aliphatic rings. The van der Waals surface area contributed by atoms with E-state index in [1.807, 2.05) is 40.9 Å². The Morgan fingerprint density at radius 2 is 1.75 bits per heavy atom. The lowest BCUT2D eigenvalue weighted by molar-refractivity contribution is 0.391. The molecule has 0 saturated heterocycles. The molecule has 1 aliphatic carbocycles. The summed E-state index contributed by atoms with van der Waals surface area (Å²) in [4.78, 5) is 9.76. The number of hydrogen-bond acceptors (Lipinski definition) is 7. The normalized spacial score (nSPS) is 17.9. The number of fused-ring (bicyclic) bond motifs is 3. The number of anilines is 1. The summed E-state index contributed by atoms with van der Waals surface area (Å²) in [5.74, 6) is 4.16. The molecule has 0 bridgehead atoms. The van der Waals surface area contributed by atoms with Crippen molar-refractivity contribution in [2.24, 2.45) is 0 Å². The van der Waals surface area contributed by atoms with Gasteiger partial charge >= 0.3 is 0 Å². The van der Waals surface area contributed by atoms with E-state index in [0.29, 0.717) is 22.3 Å². The molecule has 5 rings (SSSR count). The molecule has 166 valence electrons. The van der Waals surface area contributed by atoms with E-state index in [4.69, 9.17) is 29.3 Å². The summed E-state index contributed by atoms with van der Waals surface area (Å²) in [6.45, 7) is 0.513. The van der Waals surface area contributed by atoms with Crippen molar-refractivity contribution < 1.29 is 14.2 Å². The Kier molecular flexibility index (Phi) is 5.66. The van der Waals surface area contributed by atoms with E-state index in [1.54, 1.807) is 21.3 Å². The first-order valence-corrected chi connectivity index (χ1v) is 11.7. The summed E-state index contributed by atoms with van der Waals surface area (Å²) >= 11 is 2.49. The van der Waals surface area contributed by atoms with Crippen molar-refractivity contribution in [3.63, 3.8) is 0 Å². The van der Waals surface area contributed by atoms with Crippen LogP contribution < -0.4 is 19.5 Å². The number of aromatic nitrogens is 4. The average molecular weight is 545 g/mol. The second kappa shape index (κ2) is 8.61. The maximum absolute atomic E-state index is 5.54. The molecule has 0 spiro atoms. The van der Waals surface area contributed by atoms with Crippen molar-refractivity contribution in [2.45, 2.75) is 29.2 Å². The van der Waals surface area contributed by atoms with Crippen molar-refractivity contribution >= 4 is 45.1 Å². The molecule has 1 fully saturated rings. The molecule has 0 unspecified atom stereocenters. The largest absolute Gasteiger partial charge is 0.497 e. The number of rotatable bonds is 7. The van der Waals surface area contributed by atoms with E-state index in [0.717, 1.165) is 58.0 Å². The smallest absolute Gasteiger partial charge is 0.226 e. The fourth-order valence-corrected chi connectivity index (χ4v) is 5.18. The molecule has 0 amide bonds. The van der Waals surface area contributed by atoms with Crippen LogP contribution in [-0.4, -0.2) is 44.8 Å². The van der Waals surface area contributed by atoms with Crippen LogP contribution in [0.3, 0.4) is 0 Å². The number of methoxy groups -OCH3 is 3. The number of benzene rings is 2. The van der Waals surface area contributed by atoms with Crippen LogP contribution in [0.5, 0.6) is 17.2 Å². The first kappa shape index (κ1) is 21.0. The summed E-state index contributed by atoms with van der Waals surface area (Å²) in [5.41, 5.74) is 2.59. The van der Waals surface area contributed by atoms with E-state index in [1.165, 1.54) is 0 Å². The maximum Gasteiger partial charge on any atom is 0.226 e. The van der Waals surface area contributed by atoms with Crippen molar-refractivity contribution in [3.05, 3.63) is 47.8 Å². The van der Waals surface area contributed by atoms with Gasteiger partial charge in [-0.25, -0.2) is 9.97 Å². The van der Waals surface area contributed by atoms with E-state index in [-0.39, 0.29) is 0 Å². The lowest BCUT2D eigenvalue weighted by atomic mass is 9.85. The van der Waals surface area contributed by atoms with Crippen LogP contribution in [0.1, 0.15) is 30.1 Å². The summed E-state index contributed by atoms with van der Waals surface area (Å²) in [5, 5.41) is 9.21. The minimum absolute atomic E-state index is 0.402.